The molecule has 2 saturated carbocycles. The Bertz CT molecular complexity index is 947. The molecule has 0 aliphatic heterocycles. The quantitative estimate of drug-likeness (QED) is 0.699. The minimum atomic E-state index is -0.810. The average molecular weight is 384 g/mol. The van der Waals surface area contributed by atoms with Crippen LogP contribution < -0.4 is 10.9 Å². The van der Waals surface area contributed by atoms with Gasteiger partial charge >= 0.3 is 5.97 Å². The zero-order valence-corrected chi connectivity index (χ0v) is 15.6. The Balaban J connectivity index is 1.31. The summed E-state index contributed by atoms with van der Waals surface area (Å²) in [5, 5.41) is 17.4. The van der Waals surface area contributed by atoms with Gasteiger partial charge in [0.1, 0.15) is 6.54 Å². The lowest BCUT2D eigenvalue weighted by atomic mass is 9.85. The second-order valence-electron chi connectivity index (χ2n) is 7.85. The predicted octanol–water partition coefficient (Wildman–Crippen LogP) is 0.840. The number of amides is 1. The number of carbonyl (C=O) groups is 2. The van der Waals surface area contributed by atoms with Crippen LogP contribution in [0.3, 0.4) is 0 Å². The summed E-state index contributed by atoms with van der Waals surface area (Å²) in [6.45, 7) is 0.762. The van der Waals surface area contributed by atoms with E-state index in [2.05, 4.69) is 10.4 Å². The largest absolute Gasteiger partial charge is 0.480 e. The maximum atomic E-state index is 12.4. The summed E-state index contributed by atoms with van der Waals surface area (Å²) >= 11 is 0. The zero-order chi connectivity index (χ0) is 19.7. The summed E-state index contributed by atoms with van der Waals surface area (Å²) in [7, 11) is 0. The molecule has 2 fully saturated rings. The van der Waals surface area contributed by atoms with Crippen LogP contribution in [0.5, 0.6) is 0 Å². The number of carbonyl (C=O) groups excluding carboxylic acids is 1. The van der Waals surface area contributed by atoms with Crippen LogP contribution in [0.25, 0.3) is 10.8 Å². The predicted molar refractivity (Wildman–Crippen MR) is 103 cm³/mol. The molecule has 0 radical (unpaired) electrons. The number of carboxylic acids is 1. The Kier molecular flexibility index (Phi) is 5.13. The average Bonchev–Trinajstić information content (AvgIpc) is 3.43. The highest BCUT2D eigenvalue weighted by Crippen LogP contribution is 2.33. The van der Waals surface area contributed by atoms with E-state index in [1.165, 1.54) is 17.5 Å². The molecule has 0 unspecified atom stereocenters. The molecule has 4 rings (SSSR count). The van der Waals surface area contributed by atoms with Gasteiger partial charge in [-0.2, -0.15) is 5.10 Å². The number of aliphatic carboxylic acids is 1. The first-order valence-corrected chi connectivity index (χ1v) is 9.69. The Hall–Kier alpha value is -2.74. The highest BCUT2D eigenvalue weighted by atomic mass is 16.4. The maximum absolute atomic E-state index is 12.4. The molecule has 0 spiro atoms. The Labute approximate surface area is 162 Å². The summed E-state index contributed by atoms with van der Waals surface area (Å²) < 4.78 is 1.18. The summed E-state index contributed by atoms with van der Waals surface area (Å²) in [6.07, 6.45) is 5.43. The van der Waals surface area contributed by atoms with Gasteiger partial charge in [0, 0.05) is 24.0 Å². The lowest BCUT2D eigenvalue weighted by Crippen LogP contribution is -2.55. The van der Waals surface area contributed by atoms with Gasteiger partial charge in [-0.25, -0.2) is 4.68 Å². The number of hydrogen-bond acceptors (Lipinski definition) is 5. The van der Waals surface area contributed by atoms with Gasteiger partial charge in [-0.15, -0.1) is 0 Å². The van der Waals surface area contributed by atoms with Crippen LogP contribution in [0.2, 0.25) is 0 Å². The van der Waals surface area contributed by atoms with E-state index in [4.69, 9.17) is 5.11 Å². The van der Waals surface area contributed by atoms with Crippen molar-refractivity contribution in [3.8, 4) is 0 Å². The van der Waals surface area contributed by atoms with Gasteiger partial charge in [-0.3, -0.25) is 19.3 Å². The van der Waals surface area contributed by atoms with Gasteiger partial charge in [0.05, 0.1) is 18.1 Å². The van der Waals surface area contributed by atoms with Crippen molar-refractivity contribution in [1.29, 1.82) is 0 Å². The highest BCUT2D eigenvalue weighted by molar-refractivity contribution is 5.81. The SMILES string of the molecule is O=C(O)CN(CC1CC1)C1CC(NC(=O)Cn2ncc3ccccc3c2=O)C1. The molecule has 2 aliphatic rings. The number of benzene rings is 1. The Morgan fingerprint density at radius 2 is 2.00 bits per heavy atom. The van der Waals surface area contributed by atoms with Crippen LogP contribution in [0.15, 0.2) is 35.3 Å². The van der Waals surface area contributed by atoms with Gasteiger partial charge < -0.3 is 10.4 Å². The molecule has 1 amide bonds. The molecule has 2 N–H and O–H groups in total. The molecule has 2 aliphatic carbocycles. The minimum absolute atomic E-state index is 0.0177. The van der Waals surface area contributed by atoms with Crippen molar-refractivity contribution >= 4 is 22.6 Å². The third-order valence-corrected chi connectivity index (χ3v) is 5.58. The topological polar surface area (TPSA) is 105 Å². The van der Waals surface area contributed by atoms with Crippen LogP contribution in [-0.4, -0.2) is 56.8 Å². The first-order valence-electron chi connectivity index (χ1n) is 9.69. The molecule has 28 heavy (non-hydrogen) atoms. The van der Waals surface area contributed by atoms with Crippen molar-refractivity contribution in [3.05, 3.63) is 40.8 Å². The molecule has 8 nitrogen and oxygen atoms in total. The van der Waals surface area contributed by atoms with Crippen molar-refractivity contribution in [2.75, 3.05) is 13.1 Å². The maximum Gasteiger partial charge on any atom is 0.317 e. The van der Waals surface area contributed by atoms with E-state index in [9.17, 15) is 14.4 Å². The molecule has 0 bridgehead atoms. The van der Waals surface area contributed by atoms with E-state index in [0.717, 1.165) is 24.8 Å². The first kappa shape index (κ1) is 18.6. The lowest BCUT2D eigenvalue weighted by molar-refractivity contribution is -0.140. The van der Waals surface area contributed by atoms with E-state index in [-0.39, 0.29) is 36.6 Å². The number of carboxylic acid groups (broad SMARTS) is 1. The lowest BCUT2D eigenvalue weighted by Gasteiger charge is -2.42. The van der Waals surface area contributed by atoms with E-state index in [0.29, 0.717) is 11.3 Å². The fraction of sp³-hybridized carbons (Fsp3) is 0.500. The minimum Gasteiger partial charge on any atom is -0.480 e. The molecular weight excluding hydrogens is 360 g/mol. The third kappa shape index (κ3) is 4.22. The molecule has 1 heterocycles. The van der Waals surface area contributed by atoms with Crippen LogP contribution in [0.1, 0.15) is 25.7 Å². The standard InChI is InChI=1S/C20H24N4O4/c25-18(11-24-20(28)17-4-2-1-3-14(17)9-21-24)22-15-7-16(8-15)23(12-19(26)27)10-13-5-6-13/h1-4,9,13,15-16H,5-8,10-12H2,(H,22,25)(H,26,27). The monoisotopic (exact) mass is 384 g/mol. The Morgan fingerprint density at radius 3 is 2.71 bits per heavy atom. The molecule has 1 aromatic carbocycles. The normalized spacial score (nSPS) is 21.5. The fourth-order valence-corrected chi connectivity index (χ4v) is 3.80. The summed E-state index contributed by atoms with van der Waals surface area (Å²) in [6, 6.07) is 7.37. The highest BCUT2D eigenvalue weighted by Gasteiger charge is 2.37. The number of fused-ring (bicyclic) bond motifs is 1. The van der Waals surface area contributed by atoms with E-state index in [1.807, 2.05) is 17.0 Å². The van der Waals surface area contributed by atoms with E-state index in [1.54, 1.807) is 18.3 Å². The number of hydrogen-bond donors (Lipinski definition) is 2. The fourth-order valence-electron chi connectivity index (χ4n) is 3.80. The van der Waals surface area contributed by atoms with Crippen LogP contribution in [-0.2, 0) is 16.1 Å². The van der Waals surface area contributed by atoms with E-state index >= 15 is 0 Å². The zero-order valence-electron chi connectivity index (χ0n) is 15.6. The molecule has 1 aromatic heterocycles. The van der Waals surface area contributed by atoms with Gasteiger partial charge in [0.2, 0.25) is 5.91 Å². The van der Waals surface area contributed by atoms with Crippen molar-refractivity contribution in [1.82, 2.24) is 20.0 Å². The first-order chi connectivity index (χ1) is 13.5. The molecule has 0 atom stereocenters. The van der Waals surface area contributed by atoms with Crippen LogP contribution in [0.4, 0.5) is 0 Å². The number of nitrogens with one attached hydrogen (secondary N) is 1. The molecule has 2 aromatic rings. The number of nitrogens with zero attached hydrogens (tertiary/aromatic N) is 3. The van der Waals surface area contributed by atoms with Gasteiger partial charge in [-0.1, -0.05) is 18.2 Å². The second kappa shape index (κ2) is 7.71. The molecule has 8 heteroatoms. The number of aromatic nitrogens is 2. The van der Waals surface area contributed by atoms with Gasteiger partial charge in [-0.05, 0) is 37.7 Å². The Morgan fingerprint density at radius 1 is 1.25 bits per heavy atom. The summed E-state index contributed by atoms with van der Waals surface area (Å²) in [4.78, 5) is 37.9. The summed E-state index contributed by atoms with van der Waals surface area (Å²) in [5.41, 5.74) is -0.281. The summed E-state index contributed by atoms with van der Waals surface area (Å²) in [5.74, 6) is -0.436. The third-order valence-electron chi connectivity index (χ3n) is 5.58. The van der Waals surface area contributed by atoms with Crippen molar-refractivity contribution < 1.29 is 14.7 Å². The van der Waals surface area contributed by atoms with E-state index < -0.39 is 5.97 Å². The smallest absolute Gasteiger partial charge is 0.317 e. The van der Waals surface area contributed by atoms with Crippen molar-refractivity contribution in [2.24, 2.45) is 5.92 Å². The van der Waals surface area contributed by atoms with Gasteiger partial charge in [0.25, 0.3) is 5.56 Å². The molecular formula is C20H24N4O4. The number of rotatable bonds is 8. The van der Waals surface area contributed by atoms with Crippen molar-refractivity contribution in [2.45, 2.75) is 44.3 Å². The van der Waals surface area contributed by atoms with Crippen LogP contribution in [0, 0.1) is 5.92 Å². The molecule has 148 valence electrons. The van der Waals surface area contributed by atoms with Crippen molar-refractivity contribution in [3.63, 3.8) is 0 Å². The molecule has 0 saturated heterocycles. The second-order valence-corrected chi connectivity index (χ2v) is 7.85. The van der Waals surface area contributed by atoms with Crippen LogP contribution >= 0.6 is 0 Å². The van der Waals surface area contributed by atoms with Gasteiger partial charge in [0.15, 0.2) is 0 Å².